The number of rotatable bonds is 5. The van der Waals surface area contributed by atoms with Crippen LogP contribution in [0, 0.1) is 11.8 Å². The lowest BCUT2D eigenvalue weighted by molar-refractivity contribution is 0.186. The zero-order chi connectivity index (χ0) is 24.2. The summed E-state index contributed by atoms with van der Waals surface area (Å²) in [7, 11) is 0. The second-order valence-corrected chi connectivity index (χ2v) is 11.0. The van der Waals surface area contributed by atoms with Gasteiger partial charge in [-0.1, -0.05) is 117 Å². The number of pyridine rings is 1. The van der Waals surface area contributed by atoms with E-state index in [0.717, 1.165) is 40.3 Å². The minimum absolute atomic E-state index is 0.732. The zero-order valence-electron chi connectivity index (χ0n) is 21.3. The van der Waals surface area contributed by atoms with Gasteiger partial charge in [0.1, 0.15) is 0 Å². The van der Waals surface area contributed by atoms with Crippen molar-refractivity contribution in [2.75, 3.05) is 0 Å². The quantitative estimate of drug-likeness (QED) is 0.282. The average Bonchev–Trinajstić information content (AvgIpc) is 2.98. The molecule has 0 atom stereocenters. The van der Waals surface area contributed by atoms with E-state index in [1.165, 1.54) is 74.5 Å². The Morgan fingerprint density at radius 3 is 1.53 bits per heavy atom. The highest BCUT2D eigenvalue weighted by Gasteiger charge is 2.29. The van der Waals surface area contributed by atoms with E-state index in [9.17, 15) is 0 Å². The second-order valence-electron chi connectivity index (χ2n) is 11.0. The lowest BCUT2D eigenvalue weighted by atomic mass is 9.70. The normalized spacial score (nSPS) is 20.8. The van der Waals surface area contributed by atoms with Gasteiger partial charge in [-0.05, 0) is 72.3 Å². The zero-order valence-corrected chi connectivity index (χ0v) is 21.3. The smallest absolute Gasteiger partial charge is 0.0715 e. The van der Waals surface area contributed by atoms with Crippen LogP contribution in [0.2, 0.25) is 0 Å². The van der Waals surface area contributed by atoms with E-state index in [1.54, 1.807) is 0 Å². The predicted molar refractivity (Wildman–Crippen MR) is 152 cm³/mol. The molecule has 182 valence electrons. The Hall–Kier alpha value is -3.19. The van der Waals surface area contributed by atoms with E-state index >= 15 is 0 Å². The van der Waals surface area contributed by atoms with Gasteiger partial charge in [0.2, 0.25) is 0 Å². The number of hydrogen-bond acceptors (Lipinski definition) is 1. The predicted octanol–water partition coefficient (Wildman–Crippen LogP) is 9.94. The van der Waals surface area contributed by atoms with Crippen LogP contribution < -0.4 is 0 Å². The maximum absolute atomic E-state index is 5.04. The van der Waals surface area contributed by atoms with Crippen molar-refractivity contribution in [1.29, 1.82) is 0 Å². The maximum atomic E-state index is 5.04. The van der Waals surface area contributed by atoms with Gasteiger partial charge in [0.25, 0.3) is 0 Å². The van der Waals surface area contributed by atoms with Gasteiger partial charge in [-0.25, -0.2) is 4.98 Å². The van der Waals surface area contributed by atoms with E-state index in [-0.39, 0.29) is 0 Å². The molecule has 2 fully saturated rings. The van der Waals surface area contributed by atoms with E-state index in [2.05, 4.69) is 97.1 Å². The van der Waals surface area contributed by atoms with Crippen molar-refractivity contribution in [3.63, 3.8) is 0 Å². The number of aromatic nitrogens is 1. The van der Waals surface area contributed by atoms with Crippen LogP contribution >= 0.6 is 0 Å². The summed E-state index contributed by atoms with van der Waals surface area (Å²) >= 11 is 0. The van der Waals surface area contributed by atoms with Crippen LogP contribution in [0.4, 0.5) is 0 Å². The summed E-state index contributed by atoms with van der Waals surface area (Å²) in [5.74, 6) is 2.74. The highest BCUT2D eigenvalue weighted by Crippen LogP contribution is 2.43. The fraction of sp³-hybridized carbons (Fsp3) is 0.343. The highest BCUT2D eigenvalue weighted by molar-refractivity contribution is 5.76. The van der Waals surface area contributed by atoms with Crippen LogP contribution in [0.15, 0.2) is 97.1 Å². The van der Waals surface area contributed by atoms with E-state index in [4.69, 9.17) is 4.98 Å². The van der Waals surface area contributed by atoms with Crippen molar-refractivity contribution in [1.82, 2.24) is 4.98 Å². The molecule has 0 spiro atoms. The van der Waals surface area contributed by atoms with Crippen LogP contribution in [0.1, 0.15) is 69.3 Å². The molecule has 3 aromatic carbocycles. The van der Waals surface area contributed by atoms with E-state index < -0.39 is 0 Å². The van der Waals surface area contributed by atoms with Crippen LogP contribution in [-0.2, 0) is 0 Å². The standard InChI is InChI=1S/C35H37N/c1-4-10-26(11-5-1)27-16-18-28(19-17-27)29-20-22-30(23-21-29)33-24-34(31-12-6-2-7-13-31)36-35(25-33)32-14-8-3-9-15-32/h2-3,6-9,12-15,20-28H,1,4-5,10-11,16-19H2. The van der Waals surface area contributed by atoms with Crippen molar-refractivity contribution in [2.24, 2.45) is 11.8 Å². The lowest BCUT2D eigenvalue weighted by Crippen LogP contribution is -2.23. The molecule has 4 aromatic rings. The minimum atomic E-state index is 0.732. The molecule has 0 saturated heterocycles. The fourth-order valence-corrected chi connectivity index (χ4v) is 6.69. The molecule has 1 heteroatoms. The van der Waals surface area contributed by atoms with Crippen LogP contribution in [0.5, 0.6) is 0 Å². The summed E-state index contributed by atoms with van der Waals surface area (Å²) in [5.41, 5.74) is 8.39. The number of benzene rings is 3. The molecule has 0 amide bonds. The third kappa shape index (κ3) is 5.16. The van der Waals surface area contributed by atoms with Gasteiger partial charge >= 0.3 is 0 Å². The first-order valence-electron chi connectivity index (χ1n) is 14.1. The summed E-state index contributed by atoms with van der Waals surface area (Å²) in [6.45, 7) is 0. The highest BCUT2D eigenvalue weighted by atomic mass is 14.7. The van der Waals surface area contributed by atoms with Gasteiger partial charge in [0.15, 0.2) is 0 Å². The van der Waals surface area contributed by atoms with Gasteiger partial charge in [0.05, 0.1) is 11.4 Å². The van der Waals surface area contributed by atoms with Crippen molar-refractivity contribution in [2.45, 2.75) is 63.7 Å². The summed E-state index contributed by atoms with van der Waals surface area (Å²) < 4.78 is 0. The van der Waals surface area contributed by atoms with Crippen molar-refractivity contribution >= 4 is 0 Å². The lowest BCUT2D eigenvalue weighted by Gasteiger charge is -2.36. The monoisotopic (exact) mass is 471 g/mol. The average molecular weight is 472 g/mol. The summed E-state index contributed by atoms with van der Waals surface area (Å²) in [5, 5.41) is 0. The summed E-state index contributed by atoms with van der Waals surface area (Å²) in [6, 6.07) is 35.0. The van der Waals surface area contributed by atoms with Gasteiger partial charge < -0.3 is 0 Å². The molecule has 6 rings (SSSR count). The SMILES string of the molecule is c1ccc(-c2cc(-c3ccc(C4CCC(C5CCCCC5)CC4)cc3)cc(-c3ccccc3)n2)cc1. The van der Waals surface area contributed by atoms with Crippen LogP contribution in [-0.4, -0.2) is 4.98 Å². The Bertz CT molecular complexity index is 1190. The van der Waals surface area contributed by atoms with Crippen molar-refractivity contribution < 1.29 is 0 Å². The molecular weight excluding hydrogens is 434 g/mol. The minimum Gasteiger partial charge on any atom is -0.248 e. The number of hydrogen-bond donors (Lipinski definition) is 0. The van der Waals surface area contributed by atoms with Crippen LogP contribution in [0.25, 0.3) is 33.6 Å². The van der Waals surface area contributed by atoms with Gasteiger partial charge in [-0.2, -0.15) is 0 Å². The molecule has 0 aliphatic heterocycles. The molecule has 0 N–H and O–H groups in total. The third-order valence-corrected chi connectivity index (χ3v) is 8.77. The topological polar surface area (TPSA) is 12.9 Å². The Balaban J connectivity index is 1.23. The summed E-state index contributed by atoms with van der Waals surface area (Å²) in [6.07, 6.45) is 13.0. The molecule has 0 bridgehead atoms. The summed E-state index contributed by atoms with van der Waals surface area (Å²) in [4.78, 5) is 5.04. The molecule has 0 radical (unpaired) electrons. The molecule has 36 heavy (non-hydrogen) atoms. The Morgan fingerprint density at radius 1 is 0.444 bits per heavy atom. The molecule has 1 aromatic heterocycles. The molecule has 0 unspecified atom stereocenters. The molecule has 2 saturated carbocycles. The Kier molecular flexibility index (Phi) is 6.98. The first-order chi connectivity index (χ1) is 17.8. The van der Waals surface area contributed by atoms with Crippen molar-refractivity contribution in [3.8, 4) is 33.6 Å². The van der Waals surface area contributed by atoms with E-state index in [0.29, 0.717) is 0 Å². The van der Waals surface area contributed by atoms with Gasteiger partial charge in [0, 0.05) is 11.1 Å². The third-order valence-electron chi connectivity index (χ3n) is 8.77. The Morgan fingerprint density at radius 2 is 0.972 bits per heavy atom. The maximum Gasteiger partial charge on any atom is 0.0715 e. The molecular formula is C35H37N. The molecule has 2 aliphatic carbocycles. The Labute approximate surface area is 216 Å². The largest absolute Gasteiger partial charge is 0.248 e. The fourth-order valence-electron chi connectivity index (χ4n) is 6.69. The van der Waals surface area contributed by atoms with Gasteiger partial charge in [-0.15, -0.1) is 0 Å². The molecule has 1 nitrogen and oxygen atoms in total. The first kappa shape index (κ1) is 23.2. The van der Waals surface area contributed by atoms with E-state index in [1.807, 2.05) is 0 Å². The molecule has 1 heterocycles. The van der Waals surface area contributed by atoms with Crippen LogP contribution in [0.3, 0.4) is 0 Å². The number of nitrogens with zero attached hydrogens (tertiary/aromatic N) is 1. The molecule has 2 aliphatic rings. The first-order valence-corrected chi connectivity index (χ1v) is 14.1. The second kappa shape index (κ2) is 10.8. The van der Waals surface area contributed by atoms with Crippen molar-refractivity contribution in [3.05, 3.63) is 103 Å². The van der Waals surface area contributed by atoms with Gasteiger partial charge in [-0.3, -0.25) is 0 Å².